The number of hydrogen-bond acceptors (Lipinski definition) is 3. The fraction of sp³-hybridized carbons (Fsp3) is 0.214. The van der Waals surface area contributed by atoms with E-state index in [-0.39, 0.29) is 16.8 Å². The highest BCUT2D eigenvalue weighted by atomic mass is 19.4. The Kier molecular flexibility index (Phi) is 3.93. The molecule has 21 heavy (non-hydrogen) atoms. The van der Waals surface area contributed by atoms with Gasteiger partial charge in [0, 0.05) is 24.2 Å². The number of carbonyl (C=O) groups is 1. The number of aromatic nitrogens is 2. The van der Waals surface area contributed by atoms with Gasteiger partial charge < -0.3 is 5.73 Å². The molecule has 2 rings (SSSR count). The summed E-state index contributed by atoms with van der Waals surface area (Å²) in [5.41, 5.74) is 5.77. The van der Waals surface area contributed by atoms with Crippen LogP contribution in [-0.2, 0) is 0 Å². The molecule has 0 bridgehead atoms. The molecule has 0 saturated carbocycles. The van der Waals surface area contributed by atoms with Crippen molar-refractivity contribution >= 4 is 5.91 Å². The van der Waals surface area contributed by atoms with Crippen LogP contribution in [0.1, 0.15) is 28.9 Å². The molecular weight excluding hydrogens is 283 g/mol. The van der Waals surface area contributed by atoms with E-state index in [1.165, 1.54) is 18.5 Å². The topological polar surface area (TPSA) is 68.9 Å². The molecule has 4 nitrogen and oxygen atoms in total. The fourth-order valence-electron chi connectivity index (χ4n) is 1.87. The minimum atomic E-state index is -4.43. The molecule has 0 fully saturated rings. The second kappa shape index (κ2) is 5.51. The minimum Gasteiger partial charge on any atom is -0.366 e. The number of rotatable bonds is 3. The van der Waals surface area contributed by atoms with Crippen LogP contribution in [0.25, 0.3) is 11.1 Å². The summed E-state index contributed by atoms with van der Waals surface area (Å²) < 4.78 is 38.8. The van der Waals surface area contributed by atoms with Crippen LogP contribution in [0, 0.1) is 0 Å². The van der Waals surface area contributed by atoms with Crippen LogP contribution in [0.5, 0.6) is 0 Å². The van der Waals surface area contributed by atoms with Gasteiger partial charge in [0.25, 0.3) is 0 Å². The molecule has 2 aromatic rings. The molecule has 0 spiro atoms. The highest BCUT2D eigenvalue weighted by molar-refractivity contribution is 5.94. The lowest BCUT2D eigenvalue weighted by atomic mass is 9.95. The van der Waals surface area contributed by atoms with Gasteiger partial charge in [-0.25, -0.2) is 0 Å². The highest BCUT2D eigenvalue weighted by Gasteiger charge is 2.39. The quantitative estimate of drug-likeness (QED) is 0.946. The molecule has 0 saturated heterocycles. The maximum Gasteiger partial charge on any atom is 0.397 e. The standard InChI is InChI=1S/C14H12F3N3O/c1-8(14(15,16)17)12-11(9-2-4-19-5-3-9)6-10(7-20-12)13(18)21/h2-8H,1H3,(H2,18,21)/t8-/m0/s1. The first kappa shape index (κ1) is 15.0. The van der Waals surface area contributed by atoms with Crippen LogP contribution < -0.4 is 5.73 Å². The van der Waals surface area contributed by atoms with Gasteiger partial charge in [0.15, 0.2) is 0 Å². The van der Waals surface area contributed by atoms with E-state index in [9.17, 15) is 18.0 Å². The summed E-state index contributed by atoms with van der Waals surface area (Å²) in [4.78, 5) is 18.8. The molecular formula is C14H12F3N3O. The smallest absolute Gasteiger partial charge is 0.366 e. The Morgan fingerprint density at radius 1 is 1.29 bits per heavy atom. The molecule has 7 heteroatoms. The largest absolute Gasteiger partial charge is 0.397 e. The van der Waals surface area contributed by atoms with Gasteiger partial charge in [0.05, 0.1) is 17.2 Å². The summed E-state index contributed by atoms with van der Waals surface area (Å²) in [5, 5.41) is 0. The third-order valence-electron chi connectivity index (χ3n) is 3.10. The number of alkyl halides is 3. The predicted octanol–water partition coefficient (Wildman–Crippen LogP) is 2.91. The third kappa shape index (κ3) is 3.18. The number of primary amides is 1. The molecule has 2 aromatic heterocycles. The van der Waals surface area contributed by atoms with E-state index in [0.717, 1.165) is 13.1 Å². The second-order valence-electron chi connectivity index (χ2n) is 4.52. The number of halogens is 3. The molecule has 2 N–H and O–H groups in total. The lowest BCUT2D eigenvalue weighted by Gasteiger charge is -2.18. The van der Waals surface area contributed by atoms with Crippen molar-refractivity contribution in [3.8, 4) is 11.1 Å². The average molecular weight is 295 g/mol. The molecule has 0 aliphatic rings. The average Bonchev–Trinajstić information content (AvgIpc) is 2.45. The van der Waals surface area contributed by atoms with Gasteiger partial charge >= 0.3 is 6.18 Å². The van der Waals surface area contributed by atoms with Crippen molar-refractivity contribution in [2.75, 3.05) is 0 Å². The molecule has 0 aromatic carbocycles. The summed E-state index contributed by atoms with van der Waals surface area (Å²) in [6, 6.07) is 4.42. The highest BCUT2D eigenvalue weighted by Crippen LogP contribution is 2.38. The lowest BCUT2D eigenvalue weighted by Crippen LogP contribution is -2.20. The number of hydrogen-bond donors (Lipinski definition) is 1. The van der Waals surface area contributed by atoms with Gasteiger partial charge in [-0.2, -0.15) is 13.2 Å². The summed E-state index contributed by atoms with van der Waals surface area (Å²) in [5.74, 6) is -2.51. The van der Waals surface area contributed by atoms with Crippen molar-refractivity contribution in [2.45, 2.75) is 19.0 Å². The Labute approximate surface area is 118 Å². The Bertz CT molecular complexity index is 656. The van der Waals surface area contributed by atoms with Crippen molar-refractivity contribution in [3.63, 3.8) is 0 Å². The van der Waals surface area contributed by atoms with E-state index in [0.29, 0.717) is 5.56 Å². The van der Waals surface area contributed by atoms with Crippen molar-refractivity contribution in [1.82, 2.24) is 9.97 Å². The zero-order valence-electron chi connectivity index (χ0n) is 11.1. The summed E-state index contributed by atoms with van der Waals surface area (Å²) >= 11 is 0. The Hall–Kier alpha value is -2.44. The van der Waals surface area contributed by atoms with Crippen molar-refractivity contribution in [2.24, 2.45) is 5.73 Å². The first-order valence-electron chi connectivity index (χ1n) is 6.07. The van der Waals surface area contributed by atoms with E-state index in [1.54, 1.807) is 12.1 Å². The first-order valence-corrected chi connectivity index (χ1v) is 6.07. The number of pyridine rings is 2. The van der Waals surface area contributed by atoms with Crippen molar-refractivity contribution < 1.29 is 18.0 Å². The van der Waals surface area contributed by atoms with Gasteiger partial charge in [0.2, 0.25) is 5.91 Å². The fourth-order valence-corrected chi connectivity index (χ4v) is 1.87. The van der Waals surface area contributed by atoms with Crippen LogP contribution >= 0.6 is 0 Å². The third-order valence-corrected chi connectivity index (χ3v) is 3.10. The van der Waals surface area contributed by atoms with E-state index in [2.05, 4.69) is 9.97 Å². The summed E-state index contributed by atoms with van der Waals surface area (Å²) in [7, 11) is 0. The van der Waals surface area contributed by atoms with Gasteiger partial charge in [-0.3, -0.25) is 14.8 Å². The molecule has 1 atom stereocenters. The Morgan fingerprint density at radius 2 is 1.90 bits per heavy atom. The molecule has 110 valence electrons. The summed E-state index contributed by atoms with van der Waals surface area (Å²) in [6.07, 6.45) is -0.462. The van der Waals surface area contributed by atoms with Gasteiger partial charge in [-0.1, -0.05) is 0 Å². The molecule has 0 aliphatic heterocycles. The van der Waals surface area contributed by atoms with Crippen molar-refractivity contribution in [3.05, 3.63) is 48.0 Å². The van der Waals surface area contributed by atoms with Crippen LogP contribution in [-0.4, -0.2) is 22.1 Å². The van der Waals surface area contributed by atoms with Gasteiger partial charge in [-0.05, 0) is 30.7 Å². The van der Waals surface area contributed by atoms with Crippen LogP contribution in [0.2, 0.25) is 0 Å². The molecule has 2 heterocycles. The SMILES string of the molecule is C[C@@H](c1ncc(C(N)=O)cc1-c1ccncc1)C(F)(F)F. The normalized spacial score (nSPS) is 13.0. The van der Waals surface area contributed by atoms with Gasteiger partial charge in [0.1, 0.15) is 0 Å². The predicted molar refractivity (Wildman–Crippen MR) is 70.5 cm³/mol. The molecule has 1 amide bonds. The van der Waals surface area contributed by atoms with E-state index in [4.69, 9.17) is 5.73 Å². The molecule has 0 unspecified atom stereocenters. The van der Waals surface area contributed by atoms with E-state index in [1.807, 2.05) is 0 Å². The maximum atomic E-state index is 12.9. The van der Waals surface area contributed by atoms with Gasteiger partial charge in [-0.15, -0.1) is 0 Å². The molecule has 0 aliphatic carbocycles. The van der Waals surface area contributed by atoms with E-state index < -0.39 is 18.0 Å². The van der Waals surface area contributed by atoms with E-state index >= 15 is 0 Å². The lowest BCUT2D eigenvalue weighted by molar-refractivity contribution is -0.146. The van der Waals surface area contributed by atoms with Crippen molar-refractivity contribution in [1.29, 1.82) is 0 Å². The van der Waals surface area contributed by atoms with Crippen LogP contribution in [0.4, 0.5) is 13.2 Å². The zero-order chi connectivity index (χ0) is 15.6. The zero-order valence-corrected chi connectivity index (χ0v) is 11.1. The maximum absolute atomic E-state index is 12.9. The second-order valence-corrected chi connectivity index (χ2v) is 4.52. The first-order chi connectivity index (χ1) is 9.80. The summed E-state index contributed by atoms with van der Waals surface area (Å²) in [6.45, 7) is 1.02. The van der Waals surface area contributed by atoms with Crippen LogP contribution in [0.3, 0.4) is 0 Å². The number of nitrogens with two attached hydrogens (primary N) is 1. The van der Waals surface area contributed by atoms with Crippen LogP contribution in [0.15, 0.2) is 36.8 Å². The number of carbonyl (C=O) groups excluding carboxylic acids is 1. The Morgan fingerprint density at radius 3 is 2.43 bits per heavy atom. The Balaban J connectivity index is 2.63. The number of nitrogens with zero attached hydrogens (tertiary/aromatic N) is 2. The monoisotopic (exact) mass is 295 g/mol. The minimum absolute atomic E-state index is 0.0555. The number of amides is 1. The molecule has 0 radical (unpaired) electrons.